The molecule has 37 heavy (non-hydrogen) atoms. The summed E-state index contributed by atoms with van der Waals surface area (Å²) in [5.41, 5.74) is -0.444. The van der Waals surface area contributed by atoms with Crippen molar-refractivity contribution in [1.29, 1.82) is 0 Å². The van der Waals surface area contributed by atoms with Crippen molar-refractivity contribution >= 4 is 23.9 Å². The van der Waals surface area contributed by atoms with Crippen LogP contribution in [0, 0.1) is 46.3 Å². The number of hydrogen-bond acceptors (Lipinski definition) is 7. The highest BCUT2D eigenvalue weighted by molar-refractivity contribution is 5.67. The highest BCUT2D eigenvalue weighted by Gasteiger charge is 2.67. The van der Waals surface area contributed by atoms with Gasteiger partial charge in [-0.05, 0) is 80.0 Å². The van der Waals surface area contributed by atoms with Gasteiger partial charge in [0.2, 0.25) is 0 Å². The molecule has 0 heterocycles. The van der Waals surface area contributed by atoms with E-state index in [1.807, 2.05) is 6.92 Å². The summed E-state index contributed by atoms with van der Waals surface area (Å²) in [4.78, 5) is 47.9. The van der Waals surface area contributed by atoms with Gasteiger partial charge in [0, 0.05) is 38.5 Å². The molecule has 0 aromatic rings. The summed E-state index contributed by atoms with van der Waals surface area (Å²) < 4.78 is 17.8. The Hall–Kier alpha value is -2.12. The number of carbonyl (C=O) groups is 4. The van der Waals surface area contributed by atoms with Gasteiger partial charge in [-0.1, -0.05) is 20.8 Å². The first-order valence-electron chi connectivity index (χ1n) is 14.0. The molecule has 0 aromatic heterocycles. The molecular formula is C29H44O8. The summed E-state index contributed by atoms with van der Waals surface area (Å²) in [6, 6.07) is 0. The Balaban J connectivity index is 1.73. The van der Waals surface area contributed by atoms with Gasteiger partial charge in [0.05, 0.1) is 0 Å². The van der Waals surface area contributed by atoms with Gasteiger partial charge in [-0.2, -0.15) is 0 Å². The highest BCUT2D eigenvalue weighted by atomic mass is 16.6. The lowest BCUT2D eigenvalue weighted by molar-refractivity contribution is -0.224. The molecule has 0 aliphatic heterocycles. The summed E-state index contributed by atoms with van der Waals surface area (Å²) in [5.74, 6) is -0.958. The van der Waals surface area contributed by atoms with Crippen LogP contribution in [-0.4, -0.2) is 47.3 Å². The Morgan fingerprint density at radius 1 is 0.865 bits per heavy atom. The Morgan fingerprint density at radius 2 is 1.51 bits per heavy atom. The zero-order chi connectivity index (χ0) is 27.3. The first-order chi connectivity index (χ1) is 17.3. The zero-order valence-corrected chi connectivity index (χ0v) is 23.2. The van der Waals surface area contributed by atoms with Crippen LogP contribution in [-0.2, 0) is 33.4 Å². The Bertz CT molecular complexity index is 931. The van der Waals surface area contributed by atoms with Gasteiger partial charge in [0.25, 0.3) is 0 Å². The minimum Gasteiger partial charge on any atom is -0.481 e. The number of esters is 3. The van der Waals surface area contributed by atoms with E-state index in [0.29, 0.717) is 6.42 Å². The topological polar surface area (TPSA) is 116 Å². The molecular weight excluding hydrogens is 476 g/mol. The van der Waals surface area contributed by atoms with Gasteiger partial charge >= 0.3 is 23.9 Å². The lowest BCUT2D eigenvalue weighted by Gasteiger charge is -2.64. The molecule has 0 spiro atoms. The molecule has 8 heteroatoms. The van der Waals surface area contributed by atoms with Crippen molar-refractivity contribution in [2.75, 3.05) is 0 Å². The van der Waals surface area contributed by atoms with E-state index >= 15 is 0 Å². The zero-order valence-electron chi connectivity index (χ0n) is 23.2. The summed E-state index contributed by atoms with van der Waals surface area (Å²) in [6.07, 6.45) is 5.00. The van der Waals surface area contributed by atoms with Crippen molar-refractivity contribution in [2.45, 2.75) is 111 Å². The van der Waals surface area contributed by atoms with Crippen LogP contribution < -0.4 is 0 Å². The van der Waals surface area contributed by atoms with Crippen LogP contribution >= 0.6 is 0 Å². The van der Waals surface area contributed by atoms with Gasteiger partial charge in [0.15, 0.2) is 0 Å². The van der Waals surface area contributed by atoms with E-state index in [4.69, 9.17) is 14.2 Å². The molecule has 208 valence electrons. The largest absolute Gasteiger partial charge is 0.481 e. The molecule has 0 bridgehead atoms. The number of carboxylic acid groups (broad SMARTS) is 1. The average molecular weight is 521 g/mol. The minimum atomic E-state index is -0.812. The molecule has 8 nitrogen and oxygen atoms in total. The molecule has 4 rings (SSSR count). The molecule has 4 saturated carbocycles. The molecule has 0 unspecified atom stereocenters. The summed E-state index contributed by atoms with van der Waals surface area (Å²) in [5, 5.41) is 9.53. The number of ether oxygens (including phenoxy) is 3. The van der Waals surface area contributed by atoms with Crippen molar-refractivity contribution in [3.8, 4) is 0 Å². The normalized spacial score (nSPS) is 43.4. The van der Waals surface area contributed by atoms with Crippen molar-refractivity contribution < 1.29 is 38.5 Å². The second kappa shape index (κ2) is 10.2. The van der Waals surface area contributed by atoms with E-state index in [1.165, 1.54) is 20.8 Å². The summed E-state index contributed by atoms with van der Waals surface area (Å²) >= 11 is 0. The molecule has 0 aromatic carbocycles. The molecule has 1 N–H and O–H groups in total. The van der Waals surface area contributed by atoms with Crippen LogP contribution in [0.5, 0.6) is 0 Å². The molecule has 4 aliphatic rings. The fraction of sp³-hybridized carbons (Fsp3) is 0.862. The lowest BCUT2D eigenvalue weighted by atomic mass is 9.43. The maximum atomic E-state index is 12.3. The van der Waals surface area contributed by atoms with Gasteiger partial charge < -0.3 is 19.3 Å². The lowest BCUT2D eigenvalue weighted by Crippen LogP contribution is -2.63. The molecule has 11 atom stereocenters. The van der Waals surface area contributed by atoms with Gasteiger partial charge in [-0.25, -0.2) is 0 Å². The SMILES string of the molecule is CC(=O)O[C@H]1CC[C@@]2(C)[C@H](C1)C[C@@H](OC(C)=O)[C@H]1[C@H]2C[C@@H](OC(C)=O)[C@]2(C)[C@@H]1CC[C@H]2[C@@H](C)CC(=O)O. The van der Waals surface area contributed by atoms with Crippen LogP contribution in [0.2, 0.25) is 0 Å². The maximum absolute atomic E-state index is 12.3. The standard InChI is InChI=1S/C29H44O8/c1-15(11-26(33)34)21-7-8-22-27-23(14-25(29(21,22)6)37-18(4)32)28(5)10-9-20(35-16(2)30)12-19(28)13-24(27)36-17(3)31/h15,19-25,27H,7-14H2,1-6H3,(H,33,34)/t15-,19+,20-,21-,22+,23+,24+,25+,27+,28-,29-/m0/s1. The molecule has 0 radical (unpaired) electrons. The van der Waals surface area contributed by atoms with E-state index < -0.39 is 11.4 Å². The van der Waals surface area contributed by atoms with Crippen LogP contribution in [0.4, 0.5) is 0 Å². The third-order valence-electron chi connectivity index (χ3n) is 10.9. The van der Waals surface area contributed by atoms with Crippen LogP contribution in [0.3, 0.4) is 0 Å². The van der Waals surface area contributed by atoms with Crippen LogP contribution in [0.25, 0.3) is 0 Å². The number of hydrogen-bond donors (Lipinski definition) is 1. The second-order valence-electron chi connectivity index (χ2n) is 12.8. The fourth-order valence-corrected chi connectivity index (χ4v) is 9.53. The minimum absolute atomic E-state index is 0.0531. The van der Waals surface area contributed by atoms with Crippen LogP contribution in [0.15, 0.2) is 0 Å². The molecule has 0 amide bonds. The maximum Gasteiger partial charge on any atom is 0.303 e. The Kier molecular flexibility index (Phi) is 7.70. The van der Waals surface area contributed by atoms with Crippen molar-refractivity contribution in [3.05, 3.63) is 0 Å². The first kappa shape index (κ1) is 27.9. The third kappa shape index (κ3) is 5.01. The van der Waals surface area contributed by atoms with Gasteiger partial charge in [0.1, 0.15) is 18.3 Å². The number of carbonyl (C=O) groups excluding carboxylic acids is 3. The van der Waals surface area contributed by atoms with E-state index in [2.05, 4.69) is 13.8 Å². The molecule has 0 saturated heterocycles. The quantitative estimate of drug-likeness (QED) is 0.393. The monoisotopic (exact) mass is 520 g/mol. The van der Waals surface area contributed by atoms with E-state index in [1.54, 1.807) is 0 Å². The number of rotatable bonds is 6. The van der Waals surface area contributed by atoms with Gasteiger partial charge in [-0.15, -0.1) is 0 Å². The number of aliphatic carboxylic acids is 1. The smallest absolute Gasteiger partial charge is 0.303 e. The predicted molar refractivity (Wildman–Crippen MR) is 134 cm³/mol. The molecule has 4 aliphatic carbocycles. The summed E-state index contributed by atoms with van der Waals surface area (Å²) in [7, 11) is 0. The van der Waals surface area contributed by atoms with Crippen molar-refractivity contribution in [3.63, 3.8) is 0 Å². The average Bonchev–Trinajstić information content (AvgIpc) is 3.12. The summed E-state index contributed by atoms with van der Waals surface area (Å²) in [6.45, 7) is 10.9. The van der Waals surface area contributed by atoms with E-state index in [0.717, 1.165) is 38.5 Å². The Morgan fingerprint density at radius 3 is 2.11 bits per heavy atom. The predicted octanol–water partition coefficient (Wildman–Crippen LogP) is 4.77. The first-order valence-corrected chi connectivity index (χ1v) is 14.0. The number of fused-ring (bicyclic) bond motifs is 5. The second-order valence-corrected chi connectivity index (χ2v) is 12.8. The van der Waals surface area contributed by atoms with Crippen molar-refractivity contribution in [2.24, 2.45) is 46.3 Å². The fourth-order valence-electron chi connectivity index (χ4n) is 9.53. The molecule has 4 fully saturated rings. The van der Waals surface area contributed by atoms with E-state index in [9.17, 15) is 24.3 Å². The third-order valence-corrected chi connectivity index (χ3v) is 10.9. The van der Waals surface area contributed by atoms with Crippen molar-refractivity contribution in [1.82, 2.24) is 0 Å². The number of carboxylic acids is 1. The Labute approximate surface area is 220 Å². The van der Waals surface area contributed by atoms with E-state index in [-0.39, 0.29) is 83.6 Å². The van der Waals surface area contributed by atoms with Crippen LogP contribution in [0.1, 0.15) is 92.9 Å². The van der Waals surface area contributed by atoms with Gasteiger partial charge in [-0.3, -0.25) is 19.2 Å². The highest BCUT2D eigenvalue weighted by Crippen LogP contribution is 2.69.